The molecule has 1 aromatic heterocycles. The van der Waals surface area contributed by atoms with Crippen molar-refractivity contribution in [2.24, 2.45) is 5.92 Å². The van der Waals surface area contributed by atoms with E-state index in [0.717, 1.165) is 45.3 Å². The molecular weight excluding hydrogens is 458 g/mol. The molecule has 0 atom stereocenters. The fourth-order valence-electron chi connectivity index (χ4n) is 4.94. The molecule has 5 nitrogen and oxygen atoms in total. The Bertz CT molecular complexity index is 1370. The smallest absolute Gasteiger partial charge is 0.195 e. The van der Waals surface area contributed by atoms with E-state index < -0.39 is 0 Å². The van der Waals surface area contributed by atoms with Crippen LogP contribution in [0.3, 0.4) is 0 Å². The van der Waals surface area contributed by atoms with Crippen LogP contribution in [0.4, 0.5) is 0 Å². The van der Waals surface area contributed by atoms with Gasteiger partial charge < -0.3 is 14.9 Å². The predicted molar refractivity (Wildman–Crippen MR) is 139 cm³/mol. The average Bonchev–Trinajstić information content (AvgIpc) is 3.18. The molecule has 2 aliphatic rings. The highest BCUT2D eigenvalue weighted by molar-refractivity contribution is 7.22. The Morgan fingerprint density at radius 1 is 0.943 bits per heavy atom. The molecular formula is C29H27NO4S. The van der Waals surface area contributed by atoms with Gasteiger partial charge in [0.15, 0.2) is 5.78 Å². The summed E-state index contributed by atoms with van der Waals surface area (Å²) in [6.07, 6.45) is 4.33. The van der Waals surface area contributed by atoms with Gasteiger partial charge in [0, 0.05) is 45.7 Å². The Kier molecular flexibility index (Phi) is 5.71. The number of rotatable bonds is 7. The fraction of sp³-hybridized carbons (Fsp3) is 0.276. The summed E-state index contributed by atoms with van der Waals surface area (Å²) in [5.41, 5.74) is 2.04. The molecule has 178 valence electrons. The van der Waals surface area contributed by atoms with E-state index >= 15 is 0 Å². The summed E-state index contributed by atoms with van der Waals surface area (Å²) in [5, 5.41) is 20.5. The van der Waals surface area contributed by atoms with E-state index in [2.05, 4.69) is 4.90 Å². The molecule has 3 aromatic carbocycles. The summed E-state index contributed by atoms with van der Waals surface area (Å²) >= 11 is 1.46. The van der Waals surface area contributed by atoms with Crippen molar-refractivity contribution in [3.05, 3.63) is 77.9 Å². The van der Waals surface area contributed by atoms with Gasteiger partial charge in [-0.1, -0.05) is 6.42 Å². The summed E-state index contributed by atoms with van der Waals surface area (Å²) in [7, 11) is 0. The van der Waals surface area contributed by atoms with Crippen molar-refractivity contribution in [3.8, 4) is 27.7 Å². The summed E-state index contributed by atoms with van der Waals surface area (Å²) in [6, 6.07) is 19.3. The number of phenolic OH excluding ortho intramolecular Hbond substituents is 2. The number of likely N-dealkylation sites (tertiary alicyclic amines) is 1. The summed E-state index contributed by atoms with van der Waals surface area (Å²) in [5.74, 6) is 1.93. The first kappa shape index (κ1) is 22.1. The molecule has 0 unspecified atom stereocenters. The van der Waals surface area contributed by atoms with Crippen LogP contribution in [0.15, 0.2) is 66.7 Å². The van der Waals surface area contributed by atoms with Crippen LogP contribution in [0.2, 0.25) is 0 Å². The Morgan fingerprint density at radius 2 is 1.66 bits per heavy atom. The summed E-state index contributed by atoms with van der Waals surface area (Å²) in [6.45, 7) is 3.14. The molecule has 0 spiro atoms. The van der Waals surface area contributed by atoms with Crippen molar-refractivity contribution in [1.82, 2.24) is 4.90 Å². The van der Waals surface area contributed by atoms with Crippen molar-refractivity contribution in [2.45, 2.75) is 25.4 Å². The Morgan fingerprint density at radius 3 is 2.34 bits per heavy atom. The first-order valence-electron chi connectivity index (χ1n) is 12.1. The van der Waals surface area contributed by atoms with Crippen molar-refractivity contribution in [2.75, 3.05) is 19.6 Å². The number of benzene rings is 3. The van der Waals surface area contributed by atoms with E-state index in [9.17, 15) is 15.0 Å². The van der Waals surface area contributed by atoms with Crippen molar-refractivity contribution in [3.63, 3.8) is 0 Å². The number of thiophene rings is 1. The molecule has 2 fully saturated rings. The first-order chi connectivity index (χ1) is 17.0. The molecule has 1 aliphatic heterocycles. The van der Waals surface area contributed by atoms with Gasteiger partial charge in [0.1, 0.15) is 23.4 Å². The minimum absolute atomic E-state index is 0.0770. The van der Waals surface area contributed by atoms with Crippen LogP contribution in [0.25, 0.3) is 20.5 Å². The number of carbonyl (C=O) groups is 1. The lowest BCUT2D eigenvalue weighted by Gasteiger charge is -2.42. The van der Waals surface area contributed by atoms with Crippen LogP contribution < -0.4 is 4.74 Å². The number of ether oxygens (including phenoxy) is 1. The highest BCUT2D eigenvalue weighted by Crippen LogP contribution is 2.41. The number of hydrogen-bond acceptors (Lipinski definition) is 6. The molecule has 6 heteroatoms. The van der Waals surface area contributed by atoms with Gasteiger partial charge in [0.05, 0.1) is 0 Å². The zero-order valence-corrected chi connectivity index (χ0v) is 20.1. The molecule has 0 radical (unpaired) electrons. The quantitative estimate of drug-likeness (QED) is 0.311. The predicted octanol–water partition coefficient (Wildman–Crippen LogP) is 6.07. The largest absolute Gasteiger partial charge is 0.508 e. The number of aromatic hydroxyl groups is 2. The fourth-order valence-corrected chi connectivity index (χ4v) is 6.17. The van der Waals surface area contributed by atoms with Gasteiger partial charge in [-0.2, -0.15) is 0 Å². The molecule has 1 saturated carbocycles. The van der Waals surface area contributed by atoms with Crippen molar-refractivity contribution < 1.29 is 19.7 Å². The van der Waals surface area contributed by atoms with Crippen LogP contribution >= 0.6 is 11.3 Å². The van der Waals surface area contributed by atoms with Gasteiger partial charge in [0.25, 0.3) is 0 Å². The monoisotopic (exact) mass is 485 g/mol. The van der Waals surface area contributed by atoms with Gasteiger partial charge in [-0.3, -0.25) is 9.69 Å². The maximum Gasteiger partial charge on any atom is 0.195 e. The maximum atomic E-state index is 13.7. The van der Waals surface area contributed by atoms with E-state index in [-0.39, 0.29) is 23.4 Å². The van der Waals surface area contributed by atoms with Crippen LogP contribution in [0.1, 0.15) is 35.2 Å². The van der Waals surface area contributed by atoms with E-state index in [4.69, 9.17) is 4.74 Å². The molecule has 0 bridgehead atoms. The highest BCUT2D eigenvalue weighted by atomic mass is 32.1. The molecule has 0 amide bonds. The summed E-state index contributed by atoms with van der Waals surface area (Å²) in [4.78, 5) is 17.0. The minimum atomic E-state index is -0.0770. The topological polar surface area (TPSA) is 70.0 Å². The lowest BCUT2D eigenvalue weighted by atomic mass is 9.84. The second-order valence-corrected chi connectivity index (χ2v) is 10.7. The van der Waals surface area contributed by atoms with Gasteiger partial charge >= 0.3 is 0 Å². The van der Waals surface area contributed by atoms with Crippen LogP contribution in [0, 0.1) is 5.92 Å². The van der Waals surface area contributed by atoms with Crippen molar-refractivity contribution >= 4 is 27.2 Å². The van der Waals surface area contributed by atoms with E-state index in [1.54, 1.807) is 42.5 Å². The third kappa shape index (κ3) is 4.40. The number of hydrogen-bond donors (Lipinski definition) is 2. The van der Waals surface area contributed by atoms with Gasteiger partial charge in [-0.25, -0.2) is 0 Å². The number of ketones is 1. The van der Waals surface area contributed by atoms with Crippen molar-refractivity contribution in [1.29, 1.82) is 0 Å². The zero-order valence-electron chi connectivity index (χ0n) is 19.3. The number of carbonyl (C=O) groups excluding carboxylic acids is 1. The number of fused-ring (bicyclic) bond motifs is 1. The lowest BCUT2D eigenvalue weighted by Crippen LogP contribution is -2.55. The molecule has 6 rings (SSSR count). The first-order valence-corrected chi connectivity index (χ1v) is 12.9. The molecule has 1 saturated heterocycles. The second kappa shape index (κ2) is 9.02. The standard InChI is InChI=1S/C29H27NO4S/c31-21-8-4-20(5-9-21)29-27(25-13-10-22(32)14-26(25)35-29)28(33)19-6-11-23(12-7-19)34-24-16-30(17-24)15-18-2-1-3-18/h4-14,18,24,31-32H,1-3,15-17H2. The maximum absolute atomic E-state index is 13.7. The highest BCUT2D eigenvalue weighted by Gasteiger charge is 2.31. The van der Waals surface area contributed by atoms with E-state index in [0.29, 0.717) is 11.1 Å². The zero-order chi connectivity index (χ0) is 23.9. The normalized spacial score (nSPS) is 16.7. The number of nitrogens with zero attached hydrogens (tertiary/aromatic N) is 1. The van der Waals surface area contributed by atoms with E-state index in [1.807, 2.05) is 24.3 Å². The van der Waals surface area contributed by atoms with Gasteiger partial charge in [-0.15, -0.1) is 11.3 Å². The van der Waals surface area contributed by atoms with Crippen LogP contribution in [-0.2, 0) is 0 Å². The average molecular weight is 486 g/mol. The Balaban J connectivity index is 1.22. The van der Waals surface area contributed by atoms with Crippen LogP contribution in [-0.4, -0.2) is 46.6 Å². The van der Waals surface area contributed by atoms with Crippen LogP contribution in [0.5, 0.6) is 17.2 Å². The molecule has 1 aliphatic carbocycles. The second-order valence-electron chi connectivity index (χ2n) is 9.64. The van der Waals surface area contributed by atoms with Gasteiger partial charge in [0.2, 0.25) is 0 Å². The molecule has 2 N–H and O–H groups in total. The summed E-state index contributed by atoms with van der Waals surface area (Å²) < 4.78 is 6.97. The van der Waals surface area contributed by atoms with E-state index in [1.165, 1.54) is 37.1 Å². The minimum Gasteiger partial charge on any atom is -0.508 e. The third-order valence-corrected chi connectivity index (χ3v) is 8.32. The lowest BCUT2D eigenvalue weighted by molar-refractivity contribution is 0.00204. The number of phenols is 2. The van der Waals surface area contributed by atoms with Gasteiger partial charge in [-0.05, 0) is 91.1 Å². The molecule has 2 heterocycles. The SMILES string of the molecule is O=C(c1ccc(OC2CN(CC3CCC3)C2)cc1)c1c(-c2ccc(O)cc2)sc2cc(O)ccc12. The molecule has 35 heavy (non-hydrogen) atoms. The third-order valence-electron chi connectivity index (χ3n) is 7.11. The molecule has 4 aromatic rings. The Labute approximate surface area is 208 Å². The Hall–Kier alpha value is -3.35.